The molecule has 2 aromatic rings. The molecule has 4 nitrogen and oxygen atoms in total. The van der Waals surface area contributed by atoms with Crippen LogP contribution in [-0.2, 0) is 0 Å². The minimum atomic E-state index is -0.472. The van der Waals surface area contributed by atoms with Crippen LogP contribution in [0.15, 0.2) is 59.1 Å². The first-order chi connectivity index (χ1) is 9.58. The molecule has 0 amide bonds. The minimum absolute atomic E-state index is 0.0284. The fraction of sp³-hybridized carbons (Fsp3) is 0. The molecule has 5 heteroatoms. The topological polar surface area (TPSA) is 60.2 Å². The highest BCUT2D eigenvalue weighted by Crippen LogP contribution is 2.26. The lowest BCUT2D eigenvalue weighted by Gasteiger charge is -1.98. The van der Waals surface area contributed by atoms with E-state index in [9.17, 15) is 14.9 Å². The summed E-state index contributed by atoms with van der Waals surface area (Å²) in [6.45, 7) is 0. The number of carbonyl (C=O) groups is 1. The Bertz CT molecular complexity index is 681. The third-order valence-electron chi connectivity index (χ3n) is 2.65. The minimum Gasteiger partial charge on any atom is -0.289 e. The monoisotopic (exact) mass is 331 g/mol. The van der Waals surface area contributed by atoms with Crippen molar-refractivity contribution in [1.29, 1.82) is 0 Å². The molecule has 0 aliphatic heterocycles. The van der Waals surface area contributed by atoms with E-state index in [2.05, 4.69) is 15.9 Å². The third kappa shape index (κ3) is 3.39. The van der Waals surface area contributed by atoms with Crippen molar-refractivity contribution in [2.45, 2.75) is 0 Å². The molecule has 20 heavy (non-hydrogen) atoms. The molecule has 0 saturated carbocycles. The van der Waals surface area contributed by atoms with Gasteiger partial charge in [-0.25, -0.2) is 0 Å². The van der Waals surface area contributed by atoms with Crippen molar-refractivity contribution in [2.24, 2.45) is 0 Å². The van der Waals surface area contributed by atoms with Crippen LogP contribution in [0.4, 0.5) is 5.69 Å². The SMILES string of the molecule is O=C(/C=C/c1ccc(Br)c([N+](=O)[O-])c1)c1ccccc1. The quantitative estimate of drug-likeness (QED) is 0.364. The number of allylic oxidation sites excluding steroid dienone is 1. The highest BCUT2D eigenvalue weighted by Gasteiger charge is 2.11. The van der Waals surface area contributed by atoms with Crippen LogP contribution in [0.2, 0.25) is 0 Å². The van der Waals surface area contributed by atoms with Crippen molar-refractivity contribution in [3.63, 3.8) is 0 Å². The lowest BCUT2D eigenvalue weighted by Crippen LogP contribution is -1.93. The Kier molecular flexibility index (Phi) is 4.42. The number of nitro groups is 1. The second-order valence-electron chi connectivity index (χ2n) is 4.03. The van der Waals surface area contributed by atoms with Gasteiger partial charge in [0, 0.05) is 11.6 Å². The van der Waals surface area contributed by atoms with E-state index in [4.69, 9.17) is 0 Å². The fourth-order valence-corrected chi connectivity index (χ4v) is 2.04. The van der Waals surface area contributed by atoms with Crippen molar-refractivity contribution in [2.75, 3.05) is 0 Å². The Hall–Kier alpha value is -2.27. The molecule has 0 N–H and O–H groups in total. The van der Waals surface area contributed by atoms with Crippen molar-refractivity contribution >= 4 is 33.5 Å². The molecule has 0 fully saturated rings. The lowest BCUT2D eigenvalue weighted by molar-refractivity contribution is -0.385. The highest BCUT2D eigenvalue weighted by atomic mass is 79.9. The predicted molar refractivity (Wildman–Crippen MR) is 80.6 cm³/mol. The number of nitro benzene ring substituents is 1. The molecule has 0 radical (unpaired) electrons. The average molecular weight is 332 g/mol. The maximum atomic E-state index is 11.9. The van der Waals surface area contributed by atoms with Crippen LogP contribution in [0, 0.1) is 10.1 Å². The van der Waals surface area contributed by atoms with Crippen molar-refractivity contribution in [3.05, 3.63) is 80.3 Å². The molecule has 2 aromatic carbocycles. The van der Waals surface area contributed by atoms with E-state index in [1.807, 2.05) is 6.07 Å². The van der Waals surface area contributed by atoms with Crippen molar-refractivity contribution in [1.82, 2.24) is 0 Å². The summed E-state index contributed by atoms with van der Waals surface area (Å²) in [5.74, 6) is -0.142. The van der Waals surface area contributed by atoms with E-state index in [-0.39, 0.29) is 11.5 Å². The van der Waals surface area contributed by atoms with Crippen LogP contribution >= 0.6 is 15.9 Å². The van der Waals surface area contributed by atoms with Gasteiger partial charge in [0.2, 0.25) is 0 Å². The van der Waals surface area contributed by atoms with E-state index in [1.165, 1.54) is 12.1 Å². The summed E-state index contributed by atoms with van der Waals surface area (Å²) in [6.07, 6.45) is 2.97. The highest BCUT2D eigenvalue weighted by molar-refractivity contribution is 9.10. The van der Waals surface area contributed by atoms with Crippen LogP contribution in [0.5, 0.6) is 0 Å². The first-order valence-corrected chi connectivity index (χ1v) is 6.58. The predicted octanol–water partition coefficient (Wildman–Crippen LogP) is 4.25. The van der Waals surface area contributed by atoms with Gasteiger partial charge in [0.1, 0.15) is 0 Å². The zero-order valence-corrected chi connectivity index (χ0v) is 11.9. The summed E-state index contributed by atoms with van der Waals surface area (Å²) in [5.41, 5.74) is 1.15. The summed E-state index contributed by atoms with van der Waals surface area (Å²) in [6, 6.07) is 13.5. The van der Waals surface area contributed by atoms with Gasteiger partial charge >= 0.3 is 0 Å². The van der Waals surface area contributed by atoms with Gasteiger partial charge in [0.05, 0.1) is 9.40 Å². The number of benzene rings is 2. The van der Waals surface area contributed by atoms with Crippen LogP contribution in [-0.4, -0.2) is 10.7 Å². The molecule has 0 heterocycles. The zero-order chi connectivity index (χ0) is 14.5. The number of halogens is 1. The Balaban J connectivity index is 2.22. The second-order valence-corrected chi connectivity index (χ2v) is 4.89. The first-order valence-electron chi connectivity index (χ1n) is 5.79. The van der Waals surface area contributed by atoms with E-state index in [0.717, 1.165) is 0 Å². The molecular weight excluding hydrogens is 322 g/mol. The van der Waals surface area contributed by atoms with E-state index in [1.54, 1.807) is 42.5 Å². The second kappa shape index (κ2) is 6.25. The molecule has 2 rings (SSSR count). The van der Waals surface area contributed by atoms with Crippen molar-refractivity contribution < 1.29 is 9.72 Å². The Morgan fingerprint density at radius 3 is 2.50 bits per heavy atom. The van der Waals surface area contributed by atoms with E-state index >= 15 is 0 Å². The fourth-order valence-electron chi connectivity index (χ4n) is 1.64. The average Bonchev–Trinajstić information content (AvgIpc) is 2.46. The summed E-state index contributed by atoms with van der Waals surface area (Å²) in [5, 5.41) is 10.8. The molecule has 0 saturated heterocycles. The molecular formula is C15H10BrNO3. The zero-order valence-electron chi connectivity index (χ0n) is 10.3. The van der Waals surface area contributed by atoms with Gasteiger partial charge in [-0.2, -0.15) is 0 Å². The molecule has 0 spiro atoms. The first kappa shape index (κ1) is 14.1. The largest absolute Gasteiger partial charge is 0.289 e. The van der Waals surface area contributed by atoms with Gasteiger partial charge in [0.25, 0.3) is 5.69 Å². The standard InChI is InChI=1S/C15H10BrNO3/c16-13-8-6-11(10-14(13)17(19)20)7-9-15(18)12-4-2-1-3-5-12/h1-10H/b9-7+. The third-order valence-corrected chi connectivity index (χ3v) is 3.32. The number of carbonyl (C=O) groups excluding carboxylic acids is 1. The molecule has 0 unspecified atom stereocenters. The summed E-state index contributed by atoms with van der Waals surface area (Å²) in [4.78, 5) is 22.2. The van der Waals surface area contributed by atoms with Crippen LogP contribution in [0.3, 0.4) is 0 Å². The van der Waals surface area contributed by atoms with Crippen LogP contribution in [0.1, 0.15) is 15.9 Å². The van der Waals surface area contributed by atoms with Crippen LogP contribution in [0.25, 0.3) is 6.08 Å². The Morgan fingerprint density at radius 2 is 1.85 bits per heavy atom. The molecule has 0 aliphatic carbocycles. The Labute approximate surface area is 124 Å². The van der Waals surface area contributed by atoms with Crippen molar-refractivity contribution in [3.8, 4) is 0 Å². The summed E-state index contributed by atoms with van der Waals surface area (Å²) >= 11 is 3.12. The number of nitrogens with zero attached hydrogens (tertiary/aromatic N) is 1. The van der Waals surface area contributed by atoms with Gasteiger partial charge in [-0.1, -0.05) is 42.5 Å². The number of hydrogen-bond acceptors (Lipinski definition) is 3. The van der Waals surface area contributed by atoms with Gasteiger partial charge < -0.3 is 0 Å². The molecule has 0 aliphatic rings. The van der Waals surface area contributed by atoms with E-state index < -0.39 is 4.92 Å². The van der Waals surface area contributed by atoms with Gasteiger partial charge in [-0.15, -0.1) is 0 Å². The summed E-state index contributed by atoms with van der Waals surface area (Å²) in [7, 11) is 0. The Morgan fingerprint density at radius 1 is 1.15 bits per heavy atom. The number of hydrogen-bond donors (Lipinski definition) is 0. The molecule has 100 valence electrons. The molecule has 0 aromatic heterocycles. The lowest BCUT2D eigenvalue weighted by atomic mass is 10.1. The maximum absolute atomic E-state index is 11.9. The number of rotatable bonds is 4. The normalized spacial score (nSPS) is 10.7. The smallest absolute Gasteiger partial charge is 0.284 e. The number of ketones is 1. The van der Waals surface area contributed by atoms with E-state index in [0.29, 0.717) is 15.6 Å². The molecule has 0 atom stereocenters. The van der Waals surface area contributed by atoms with Gasteiger partial charge in [-0.3, -0.25) is 14.9 Å². The van der Waals surface area contributed by atoms with Gasteiger partial charge in [0.15, 0.2) is 5.78 Å². The maximum Gasteiger partial charge on any atom is 0.284 e. The molecule has 0 bridgehead atoms. The van der Waals surface area contributed by atoms with Gasteiger partial charge in [-0.05, 0) is 33.6 Å². The van der Waals surface area contributed by atoms with Crippen LogP contribution < -0.4 is 0 Å². The summed E-state index contributed by atoms with van der Waals surface area (Å²) < 4.78 is 0.411.